The minimum absolute atomic E-state index is 0.140. The van der Waals surface area contributed by atoms with Crippen LogP contribution in [0.5, 0.6) is 0 Å². The normalized spacial score (nSPS) is 26.3. The van der Waals surface area contributed by atoms with Gasteiger partial charge < -0.3 is 15.0 Å². The molecule has 2 fully saturated rings. The Balaban J connectivity index is 1.85. The zero-order chi connectivity index (χ0) is 13.9. The molecule has 108 valence electrons. The molecule has 0 bridgehead atoms. The average molecular weight is 268 g/mol. The quantitative estimate of drug-likeness (QED) is 0.605. The third kappa shape index (κ3) is 2.91. The minimum atomic E-state index is -0.894. The van der Waals surface area contributed by atoms with Crippen LogP contribution in [0, 0.1) is 11.3 Å². The van der Waals surface area contributed by atoms with E-state index in [1.165, 1.54) is 13.5 Å². The van der Waals surface area contributed by atoms with E-state index in [4.69, 9.17) is 4.74 Å². The molecule has 2 aliphatic rings. The van der Waals surface area contributed by atoms with Gasteiger partial charge in [0.1, 0.15) is 5.41 Å². The van der Waals surface area contributed by atoms with Crippen LogP contribution in [0.2, 0.25) is 0 Å². The van der Waals surface area contributed by atoms with Crippen LogP contribution < -0.4 is 5.32 Å². The van der Waals surface area contributed by atoms with Crippen LogP contribution in [0.4, 0.5) is 0 Å². The average Bonchev–Trinajstić information content (AvgIpc) is 2.35. The van der Waals surface area contributed by atoms with Crippen molar-refractivity contribution >= 4 is 11.9 Å². The summed E-state index contributed by atoms with van der Waals surface area (Å²) in [6.45, 7) is 2.82. The number of amides is 1. The van der Waals surface area contributed by atoms with Crippen LogP contribution >= 0.6 is 0 Å². The second-order valence-corrected chi connectivity index (χ2v) is 5.91. The molecular formula is C14H24N2O3. The molecule has 1 N–H and O–H groups in total. The van der Waals surface area contributed by atoms with Crippen molar-refractivity contribution < 1.29 is 14.3 Å². The van der Waals surface area contributed by atoms with Gasteiger partial charge in [-0.2, -0.15) is 0 Å². The first kappa shape index (κ1) is 14.3. The van der Waals surface area contributed by atoms with Crippen molar-refractivity contribution in [3.05, 3.63) is 0 Å². The lowest BCUT2D eigenvalue weighted by molar-refractivity contribution is -0.165. The summed E-state index contributed by atoms with van der Waals surface area (Å²) >= 11 is 0. The number of rotatable bonds is 4. The van der Waals surface area contributed by atoms with Gasteiger partial charge in [0.15, 0.2) is 0 Å². The molecule has 1 aliphatic carbocycles. The second kappa shape index (κ2) is 5.90. The van der Waals surface area contributed by atoms with Crippen LogP contribution in [0.15, 0.2) is 0 Å². The molecule has 2 rings (SSSR count). The lowest BCUT2D eigenvalue weighted by atomic mass is 9.68. The third-order valence-electron chi connectivity index (χ3n) is 4.49. The van der Waals surface area contributed by atoms with Crippen molar-refractivity contribution in [3.63, 3.8) is 0 Å². The largest absolute Gasteiger partial charge is 0.468 e. The summed E-state index contributed by atoms with van der Waals surface area (Å²) in [7, 11) is 3.46. The smallest absolute Gasteiger partial charge is 0.321 e. The van der Waals surface area contributed by atoms with Gasteiger partial charge in [0.2, 0.25) is 5.91 Å². The molecule has 1 unspecified atom stereocenters. The number of hydrogen-bond acceptors (Lipinski definition) is 4. The summed E-state index contributed by atoms with van der Waals surface area (Å²) in [6, 6.07) is 0. The maximum Gasteiger partial charge on any atom is 0.321 e. The summed E-state index contributed by atoms with van der Waals surface area (Å²) in [4.78, 5) is 26.3. The Morgan fingerprint density at radius 3 is 2.63 bits per heavy atom. The van der Waals surface area contributed by atoms with E-state index in [1.807, 2.05) is 0 Å². The predicted molar refractivity (Wildman–Crippen MR) is 71.5 cm³/mol. The molecule has 1 heterocycles. The molecule has 1 atom stereocenters. The summed E-state index contributed by atoms with van der Waals surface area (Å²) in [6.07, 6.45) is 4.50. The van der Waals surface area contributed by atoms with Gasteiger partial charge in [-0.15, -0.1) is 0 Å². The Hall–Kier alpha value is -1.10. The van der Waals surface area contributed by atoms with E-state index < -0.39 is 5.41 Å². The van der Waals surface area contributed by atoms with Crippen LogP contribution in [0.3, 0.4) is 0 Å². The molecule has 1 saturated heterocycles. The monoisotopic (exact) mass is 268 g/mol. The lowest BCUT2D eigenvalue weighted by Crippen LogP contribution is -2.53. The number of ether oxygens (including phenoxy) is 1. The van der Waals surface area contributed by atoms with Gasteiger partial charge in [0.05, 0.1) is 7.11 Å². The molecular weight excluding hydrogens is 244 g/mol. The number of carbonyl (C=O) groups is 2. The molecule has 5 heteroatoms. The molecule has 0 spiro atoms. The number of hydrogen-bond donors (Lipinski definition) is 1. The topological polar surface area (TPSA) is 58.6 Å². The number of likely N-dealkylation sites (tertiary alicyclic amines) is 1. The van der Waals surface area contributed by atoms with Gasteiger partial charge in [-0.25, -0.2) is 0 Å². The highest BCUT2D eigenvalue weighted by molar-refractivity contribution is 6.03. The van der Waals surface area contributed by atoms with E-state index in [2.05, 4.69) is 17.3 Å². The van der Waals surface area contributed by atoms with E-state index in [0.717, 1.165) is 25.9 Å². The standard InChI is InChI=1S/C14H24N2O3/c1-16-8-3-5-11(10-16)9-15-12(17)14(6-4-7-14)13(18)19-2/h11H,3-10H2,1-2H3,(H,15,17). The fourth-order valence-electron chi connectivity index (χ4n) is 3.10. The predicted octanol–water partition coefficient (Wildman–Crippen LogP) is 0.788. The van der Waals surface area contributed by atoms with Crippen LogP contribution in [-0.2, 0) is 14.3 Å². The van der Waals surface area contributed by atoms with Crippen LogP contribution in [-0.4, -0.2) is 50.6 Å². The first-order chi connectivity index (χ1) is 9.08. The molecule has 5 nitrogen and oxygen atoms in total. The number of piperidine rings is 1. The molecule has 0 radical (unpaired) electrons. The maximum atomic E-state index is 12.2. The van der Waals surface area contributed by atoms with E-state index >= 15 is 0 Å². The molecule has 0 aromatic heterocycles. The fourth-order valence-corrected chi connectivity index (χ4v) is 3.10. The van der Waals surface area contributed by atoms with Gasteiger partial charge in [-0.05, 0) is 45.2 Å². The van der Waals surface area contributed by atoms with Gasteiger partial charge >= 0.3 is 5.97 Å². The number of nitrogens with one attached hydrogen (secondary N) is 1. The molecule has 1 amide bonds. The first-order valence-corrected chi connectivity index (χ1v) is 7.14. The summed E-state index contributed by atoms with van der Waals surface area (Å²) in [5.41, 5.74) is -0.894. The lowest BCUT2D eigenvalue weighted by Gasteiger charge is -2.38. The minimum Gasteiger partial charge on any atom is -0.468 e. The van der Waals surface area contributed by atoms with Crippen molar-refractivity contribution in [1.82, 2.24) is 10.2 Å². The molecule has 0 aromatic rings. The first-order valence-electron chi connectivity index (χ1n) is 7.14. The zero-order valence-electron chi connectivity index (χ0n) is 11.9. The van der Waals surface area contributed by atoms with E-state index in [1.54, 1.807) is 0 Å². The second-order valence-electron chi connectivity index (χ2n) is 5.91. The highest BCUT2D eigenvalue weighted by Crippen LogP contribution is 2.42. The van der Waals surface area contributed by atoms with Gasteiger partial charge in [-0.1, -0.05) is 6.42 Å². The highest BCUT2D eigenvalue weighted by Gasteiger charge is 2.51. The van der Waals surface area contributed by atoms with Crippen LogP contribution in [0.25, 0.3) is 0 Å². The van der Waals surface area contributed by atoms with E-state index in [0.29, 0.717) is 25.3 Å². The molecule has 1 saturated carbocycles. The summed E-state index contributed by atoms with van der Waals surface area (Å²) < 4.78 is 4.78. The molecule has 0 aromatic carbocycles. The number of nitrogens with zero attached hydrogens (tertiary/aromatic N) is 1. The Bertz CT molecular complexity index is 353. The van der Waals surface area contributed by atoms with E-state index in [9.17, 15) is 9.59 Å². The number of esters is 1. The Kier molecular flexibility index (Phi) is 4.45. The maximum absolute atomic E-state index is 12.2. The Labute approximate surface area is 114 Å². The summed E-state index contributed by atoms with van der Waals surface area (Å²) in [5.74, 6) is -0.0201. The van der Waals surface area contributed by atoms with Crippen molar-refractivity contribution in [3.8, 4) is 0 Å². The summed E-state index contributed by atoms with van der Waals surface area (Å²) in [5, 5.41) is 2.96. The Morgan fingerprint density at radius 2 is 2.11 bits per heavy atom. The van der Waals surface area contributed by atoms with Gasteiger partial charge in [0.25, 0.3) is 0 Å². The number of methoxy groups -OCH3 is 1. The molecule has 19 heavy (non-hydrogen) atoms. The van der Waals surface area contributed by atoms with Crippen molar-refractivity contribution in [1.29, 1.82) is 0 Å². The zero-order valence-corrected chi connectivity index (χ0v) is 11.9. The van der Waals surface area contributed by atoms with Crippen molar-refractivity contribution in [2.24, 2.45) is 11.3 Å². The third-order valence-corrected chi connectivity index (χ3v) is 4.49. The van der Waals surface area contributed by atoms with Crippen molar-refractivity contribution in [2.75, 3.05) is 33.8 Å². The molecule has 1 aliphatic heterocycles. The SMILES string of the molecule is COC(=O)C1(C(=O)NCC2CCCN(C)C2)CCC1. The van der Waals surface area contributed by atoms with Gasteiger partial charge in [0, 0.05) is 13.1 Å². The van der Waals surface area contributed by atoms with Crippen LogP contribution in [0.1, 0.15) is 32.1 Å². The number of carbonyl (C=O) groups excluding carboxylic acids is 2. The van der Waals surface area contributed by atoms with E-state index in [-0.39, 0.29) is 11.9 Å². The highest BCUT2D eigenvalue weighted by atomic mass is 16.5. The fraction of sp³-hybridized carbons (Fsp3) is 0.857. The van der Waals surface area contributed by atoms with Gasteiger partial charge in [-0.3, -0.25) is 9.59 Å². The van der Waals surface area contributed by atoms with Crippen molar-refractivity contribution in [2.45, 2.75) is 32.1 Å². The Morgan fingerprint density at radius 1 is 1.37 bits per heavy atom.